The van der Waals surface area contributed by atoms with Crippen molar-refractivity contribution < 1.29 is 0 Å². The van der Waals surface area contributed by atoms with E-state index in [9.17, 15) is 0 Å². The Hall–Kier alpha value is -1.02. The zero-order chi connectivity index (χ0) is 9.54. The number of hydrogen-bond acceptors (Lipinski definition) is 2. The van der Waals surface area contributed by atoms with Crippen LogP contribution in [-0.4, -0.2) is 19.6 Å². The van der Waals surface area contributed by atoms with E-state index in [2.05, 4.69) is 35.8 Å². The van der Waals surface area contributed by atoms with Gasteiger partial charge in [-0.25, -0.2) is 0 Å². The van der Waals surface area contributed by atoms with E-state index in [0.29, 0.717) is 0 Å². The van der Waals surface area contributed by atoms with Crippen molar-refractivity contribution in [3.8, 4) is 0 Å². The average Bonchev–Trinajstić information content (AvgIpc) is 2.66. The highest BCUT2D eigenvalue weighted by atomic mass is 15.0. The minimum Gasteiger partial charge on any atom is -0.384 e. The van der Waals surface area contributed by atoms with Crippen LogP contribution in [0.2, 0.25) is 0 Å². The van der Waals surface area contributed by atoms with Crippen LogP contribution in [0.5, 0.6) is 0 Å². The first-order chi connectivity index (χ1) is 6.86. The molecule has 2 aliphatic rings. The highest BCUT2D eigenvalue weighted by Gasteiger charge is 2.33. The van der Waals surface area contributed by atoms with E-state index in [-0.39, 0.29) is 0 Å². The topological polar surface area (TPSA) is 24.1 Å². The van der Waals surface area contributed by atoms with E-state index in [1.165, 1.54) is 23.4 Å². The van der Waals surface area contributed by atoms with Gasteiger partial charge in [-0.15, -0.1) is 0 Å². The summed E-state index contributed by atoms with van der Waals surface area (Å²) in [4.78, 5) is 0. The van der Waals surface area contributed by atoms with Crippen molar-refractivity contribution in [1.29, 1.82) is 0 Å². The number of hydrogen-bond donors (Lipinski definition) is 2. The molecule has 0 saturated carbocycles. The second-order valence-electron chi connectivity index (χ2n) is 4.44. The van der Waals surface area contributed by atoms with Gasteiger partial charge in [0.2, 0.25) is 0 Å². The highest BCUT2D eigenvalue weighted by molar-refractivity contribution is 5.61. The van der Waals surface area contributed by atoms with Crippen molar-refractivity contribution >= 4 is 5.69 Å². The molecule has 1 aromatic carbocycles. The molecule has 2 atom stereocenters. The Morgan fingerprint density at radius 1 is 1.21 bits per heavy atom. The largest absolute Gasteiger partial charge is 0.384 e. The third-order valence-electron chi connectivity index (χ3n) is 3.59. The minimum atomic E-state index is 0.742. The van der Waals surface area contributed by atoms with Crippen LogP contribution in [0.4, 0.5) is 5.69 Å². The molecule has 2 heterocycles. The number of benzene rings is 1. The predicted molar refractivity (Wildman–Crippen MR) is 58.8 cm³/mol. The van der Waals surface area contributed by atoms with E-state index in [4.69, 9.17) is 0 Å². The Bertz CT molecular complexity index is 359. The minimum absolute atomic E-state index is 0.742. The monoisotopic (exact) mass is 188 g/mol. The molecule has 2 aliphatic heterocycles. The molecule has 3 rings (SSSR count). The molecule has 1 aromatic rings. The van der Waals surface area contributed by atoms with Gasteiger partial charge in [-0.3, -0.25) is 0 Å². The molecule has 0 unspecified atom stereocenters. The predicted octanol–water partition coefficient (Wildman–Crippen LogP) is 1.72. The Morgan fingerprint density at radius 2 is 2.14 bits per heavy atom. The smallest absolute Gasteiger partial charge is 0.0406 e. The molecule has 14 heavy (non-hydrogen) atoms. The summed E-state index contributed by atoms with van der Waals surface area (Å²) in [5.74, 6) is 1.54. The Morgan fingerprint density at radius 3 is 3.07 bits per heavy atom. The van der Waals surface area contributed by atoms with Gasteiger partial charge in [-0.05, 0) is 24.0 Å². The van der Waals surface area contributed by atoms with Crippen molar-refractivity contribution in [2.75, 3.05) is 25.0 Å². The third kappa shape index (κ3) is 1.07. The number of rotatable bonds is 0. The maximum Gasteiger partial charge on any atom is 0.0406 e. The van der Waals surface area contributed by atoms with Crippen LogP contribution in [-0.2, 0) is 0 Å². The quantitative estimate of drug-likeness (QED) is 0.648. The maximum absolute atomic E-state index is 3.56. The van der Waals surface area contributed by atoms with Gasteiger partial charge in [0.1, 0.15) is 0 Å². The van der Waals surface area contributed by atoms with Crippen LogP contribution in [0.3, 0.4) is 0 Å². The Balaban J connectivity index is 2.09. The standard InChI is InChI=1S/C12H16N2/c1-8-3-2-4-10-11-7-13-5-9(11)6-14-12(8)10/h2-4,9,11,13-14H,5-7H2,1H3/t9-,11-/m1/s1. The molecular weight excluding hydrogens is 172 g/mol. The van der Waals surface area contributed by atoms with Crippen LogP contribution in [0.25, 0.3) is 0 Å². The summed E-state index contributed by atoms with van der Waals surface area (Å²) >= 11 is 0. The molecule has 1 fully saturated rings. The first kappa shape index (κ1) is 8.30. The fourth-order valence-electron chi connectivity index (χ4n) is 2.79. The SMILES string of the molecule is Cc1cccc2c1NC[C@H]1CNC[C@@H]21. The fraction of sp³-hybridized carbons (Fsp3) is 0.500. The average molecular weight is 188 g/mol. The van der Waals surface area contributed by atoms with Crippen LogP contribution >= 0.6 is 0 Å². The van der Waals surface area contributed by atoms with Crippen molar-refractivity contribution in [1.82, 2.24) is 5.32 Å². The molecule has 0 amide bonds. The first-order valence-electron chi connectivity index (χ1n) is 5.40. The van der Waals surface area contributed by atoms with Gasteiger partial charge in [-0.2, -0.15) is 0 Å². The lowest BCUT2D eigenvalue weighted by Crippen LogP contribution is -2.27. The van der Waals surface area contributed by atoms with E-state index < -0.39 is 0 Å². The summed E-state index contributed by atoms with van der Waals surface area (Å²) in [7, 11) is 0. The van der Waals surface area contributed by atoms with Gasteiger partial charge in [0, 0.05) is 31.2 Å². The van der Waals surface area contributed by atoms with Crippen LogP contribution in [0.1, 0.15) is 17.0 Å². The lowest BCUT2D eigenvalue weighted by Gasteiger charge is -2.29. The van der Waals surface area contributed by atoms with Crippen LogP contribution < -0.4 is 10.6 Å². The van der Waals surface area contributed by atoms with Gasteiger partial charge in [0.25, 0.3) is 0 Å². The summed E-state index contributed by atoms with van der Waals surface area (Å²) in [5, 5.41) is 7.05. The fourth-order valence-corrected chi connectivity index (χ4v) is 2.79. The van der Waals surface area contributed by atoms with Crippen LogP contribution in [0.15, 0.2) is 18.2 Å². The molecule has 0 aromatic heterocycles. The van der Waals surface area contributed by atoms with Gasteiger partial charge in [0.15, 0.2) is 0 Å². The number of fused-ring (bicyclic) bond motifs is 3. The molecule has 0 aliphatic carbocycles. The van der Waals surface area contributed by atoms with E-state index in [1.807, 2.05) is 0 Å². The van der Waals surface area contributed by atoms with Gasteiger partial charge < -0.3 is 10.6 Å². The summed E-state index contributed by atoms with van der Waals surface area (Å²) in [6.07, 6.45) is 0. The van der Waals surface area contributed by atoms with E-state index >= 15 is 0 Å². The first-order valence-corrected chi connectivity index (χ1v) is 5.40. The number of nitrogens with one attached hydrogen (secondary N) is 2. The lowest BCUT2D eigenvalue weighted by atomic mass is 9.84. The second-order valence-corrected chi connectivity index (χ2v) is 4.44. The lowest BCUT2D eigenvalue weighted by molar-refractivity contribution is 0.529. The van der Waals surface area contributed by atoms with Crippen molar-refractivity contribution in [3.63, 3.8) is 0 Å². The third-order valence-corrected chi connectivity index (χ3v) is 3.59. The molecule has 2 heteroatoms. The second kappa shape index (κ2) is 2.99. The van der Waals surface area contributed by atoms with Crippen molar-refractivity contribution in [2.24, 2.45) is 5.92 Å². The summed E-state index contributed by atoms with van der Waals surface area (Å²) in [6.45, 7) is 5.65. The summed E-state index contributed by atoms with van der Waals surface area (Å²) in [5.41, 5.74) is 4.29. The normalized spacial score (nSPS) is 29.2. The van der Waals surface area contributed by atoms with Crippen molar-refractivity contribution in [3.05, 3.63) is 29.3 Å². The summed E-state index contributed by atoms with van der Waals surface area (Å²) in [6, 6.07) is 6.64. The van der Waals surface area contributed by atoms with Gasteiger partial charge in [-0.1, -0.05) is 18.2 Å². The molecule has 0 bridgehead atoms. The molecule has 74 valence electrons. The van der Waals surface area contributed by atoms with E-state index in [1.54, 1.807) is 0 Å². The molecule has 0 radical (unpaired) electrons. The Labute approximate surface area is 84.7 Å². The Kier molecular flexibility index (Phi) is 1.77. The molecule has 2 N–H and O–H groups in total. The zero-order valence-electron chi connectivity index (χ0n) is 8.51. The van der Waals surface area contributed by atoms with E-state index in [0.717, 1.165) is 24.9 Å². The van der Waals surface area contributed by atoms with Gasteiger partial charge in [0.05, 0.1) is 0 Å². The summed E-state index contributed by atoms with van der Waals surface area (Å²) < 4.78 is 0. The maximum atomic E-state index is 3.56. The molecule has 0 spiro atoms. The number of anilines is 1. The molecular formula is C12H16N2. The zero-order valence-corrected chi connectivity index (χ0v) is 8.51. The molecule has 1 saturated heterocycles. The van der Waals surface area contributed by atoms with Crippen molar-refractivity contribution in [2.45, 2.75) is 12.8 Å². The number of aryl methyl sites for hydroxylation is 1. The molecule has 2 nitrogen and oxygen atoms in total. The van der Waals surface area contributed by atoms with Crippen LogP contribution in [0, 0.1) is 12.8 Å². The highest BCUT2D eigenvalue weighted by Crippen LogP contribution is 2.38. The van der Waals surface area contributed by atoms with Gasteiger partial charge >= 0.3 is 0 Å². The number of para-hydroxylation sites is 1.